The summed E-state index contributed by atoms with van der Waals surface area (Å²) in [4.78, 5) is 42.3. The smallest absolute Gasteiger partial charge is 0.406 e. The van der Waals surface area contributed by atoms with Gasteiger partial charge in [0, 0.05) is 6.07 Å². The molecular formula is C27H24F3N6O4+. The third-order valence-electron chi connectivity index (χ3n) is 7.24. The van der Waals surface area contributed by atoms with Crippen LogP contribution in [0.4, 0.5) is 35.0 Å². The fourth-order valence-corrected chi connectivity index (χ4v) is 5.40. The van der Waals surface area contributed by atoms with Crippen LogP contribution >= 0.6 is 0 Å². The number of hydrazine groups is 1. The molecule has 3 heterocycles. The molecule has 3 unspecified atom stereocenters. The van der Waals surface area contributed by atoms with Crippen molar-refractivity contribution < 1.29 is 32.3 Å². The molecule has 3 aliphatic heterocycles. The van der Waals surface area contributed by atoms with Crippen molar-refractivity contribution in [2.75, 3.05) is 11.9 Å². The lowest BCUT2D eigenvalue weighted by molar-refractivity contribution is -0.274. The Balaban J connectivity index is 1.58. The van der Waals surface area contributed by atoms with Gasteiger partial charge in [-0.15, -0.1) is 17.8 Å². The zero-order chi connectivity index (χ0) is 28.6. The molecule has 0 radical (unpaired) electrons. The highest BCUT2D eigenvalue weighted by Gasteiger charge is 2.70. The molecule has 2 bridgehead atoms. The van der Waals surface area contributed by atoms with Crippen molar-refractivity contribution in [1.82, 2.24) is 20.0 Å². The summed E-state index contributed by atoms with van der Waals surface area (Å²) in [6.45, 7) is 1.50. The number of nitrogens with two attached hydrogens (primary N) is 1. The van der Waals surface area contributed by atoms with Gasteiger partial charge in [0.05, 0.1) is 29.0 Å². The Morgan fingerprint density at radius 3 is 2.33 bits per heavy atom. The Hall–Kier alpha value is -4.46. The molecule has 0 aromatic heterocycles. The second-order valence-electron chi connectivity index (χ2n) is 9.89. The lowest BCUT2D eigenvalue weighted by Crippen LogP contribution is -2.66. The summed E-state index contributed by atoms with van der Waals surface area (Å²) in [5, 5.41) is 2.96. The number of halogens is 3. The van der Waals surface area contributed by atoms with Crippen LogP contribution in [-0.4, -0.2) is 53.5 Å². The lowest BCUT2D eigenvalue weighted by atomic mass is 9.94. The Morgan fingerprint density at radius 1 is 1.02 bits per heavy atom. The van der Waals surface area contributed by atoms with Gasteiger partial charge in [-0.05, 0) is 42.8 Å². The van der Waals surface area contributed by atoms with E-state index in [1.807, 2.05) is 30.3 Å². The highest BCUT2D eigenvalue weighted by molar-refractivity contribution is 6.09. The van der Waals surface area contributed by atoms with Gasteiger partial charge in [0.1, 0.15) is 12.8 Å². The van der Waals surface area contributed by atoms with E-state index in [1.165, 1.54) is 36.0 Å². The Kier molecular flexibility index (Phi) is 5.66. The number of nitrogens with one attached hydrogen (secondary N) is 1. The van der Waals surface area contributed by atoms with E-state index in [9.17, 15) is 27.6 Å². The van der Waals surface area contributed by atoms with E-state index in [2.05, 4.69) is 10.2 Å². The van der Waals surface area contributed by atoms with Gasteiger partial charge in [-0.3, -0.25) is 9.69 Å². The predicted molar refractivity (Wildman–Crippen MR) is 137 cm³/mol. The molecule has 3 aromatic rings. The van der Waals surface area contributed by atoms with Gasteiger partial charge in [-0.2, -0.15) is 10.4 Å². The standard InChI is InChI=1S/C27H23F3N6O4/c1-15(31)23(37)32-36(2)20-10-6-9-19-21(20)22(16-7-4-3-5-8-16)34-24(25(36)38)35(34)26(39)33(19)17-11-13-18(14-12-17)40-27(28,29)30/h3-15,22,24H,31H2,1-2H3/p+1/t15-,22?,24?,34?,35?,36+/m0/s1. The van der Waals surface area contributed by atoms with Crippen LogP contribution in [0.2, 0.25) is 0 Å². The third-order valence-corrected chi connectivity index (χ3v) is 7.24. The molecule has 40 heavy (non-hydrogen) atoms. The fourth-order valence-electron chi connectivity index (χ4n) is 5.40. The molecule has 206 valence electrons. The van der Waals surface area contributed by atoms with E-state index in [-0.39, 0.29) is 5.69 Å². The molecule has 6 rings (SSSR count). The van der Waals surface area contributed by atoms with Crippen LogP contribution in [0.25, 0.3) is 0 Å². The largest absolute Gasteiger partial charge is 0.573 e. The highest BCUT2D eigenvalue weighted by atomic mass is 19.4. The minimum Gasteiger partial charge on any atom is -0.406 e. The zero-order valence-corrected chi connectivity index (χ0v) is 21.3. The molecule has 1 fully saturated rings. The van der Waals surface area contributed by atoms with Crippen LogP contribution in [0.3, 0.4) is 0 Å². The van der Waals surface area contributed by atoms with Crippen LogP contribution in [0.1, 0.15) is 24.1 Å². The number of likely N-dealkylation sites (N-methyl/N-ethyl adjacent to an activating group) is 1. The van der Waals surface area contributed by atoms with E-state index in [4.69, 9.17) is 5.73 Å². The Bertz CT molecular complexity index is 1530. The van der Waals surface area contributed by atoms with Crippen molar-refractivity contribution in [2.45, 2.75) is 31.5 Å². The molecule has 4 amide bonds. The molecule has 0 aliphatic carbocycles. The number of fused-ring (bicyclic) bond motifs is 1. The van der Waals surface area contributed by atoms with E-state index in [1.54, 1.807) is 23.2 Å². The maximum atomic E-state index is 14.1. The number of alkyl halides is 3. The van der Waals surface area contributed by atoms with Gasteiger partial charge in [0.15, 0.2) is 5.69 Å². The first-order valence-electron chi connectivity index (χ1n) is 12.4. The average Bonchev–Trinajstić information content (AvgIpc) is 3.66. The Labute approximate surface area is 226 Å². The number of carbonyl (C=O) groups excluding carboxylic acids is 3. The number of quaternary nitrogens is 1. The molecule has 0 spiro atoms. The normalized spacial score (nSPS) is 25.6. The first kappa shape index (κ1) is 25.8. The van der Waals surface area contributed by atoms with E-state index >= 15 is 0 Å². The zero-order valence-electron chi connectivity index (χ0n) is 21.3. The predicted octanol–water partition coefficient (Wildman–Crippen LogP) is 3.66. The number of ether oxygens (including phenoxy) is 1. The van der Waals surface area contributed by atoms with Crippen LogP contribution in [0, 0.1) is 0 Å². The second-order valence-corrected chi connectivity index (χ2v) is 9.89. The number of hydrogen-bond acceptors (Lipinski definition) is 6. The number of amides is 4. The van der Waals surface area contributed by atoms with Gasteiger partial charge in [0.25, 0.3) is 5.91 Å². The summed E-state index contributed by atoms with van der Waals surface area (Å²) >= 11 is 0. The van der Waals surface area contributed by atoms with E-state index in [0.29, 0.717) is 16.9 Å². The number of hydrogen-bond donors (Lipinski definition) is 2. The first-order valence-corrected chi connectivity index (χ1v) is 12.4. The summed E-state index contributed by atoms with van der Waals surface area (Å²) in [6.07, 6.45) is -5.91. The van der Waals surface area contributed by atoms with Crippen molar-refractivity contribution in [1.29, 1.82) is 0 Å². The van der Waals surface area contributed by atoms with Gasteiger partial charge in [-0.25, -0.2) is 14.6 Å². The van der Waals surface area contributed by atoms with Crippen molar-refractivity contribution in [3.63, 3.8) is 0 Å². The molecule has 3 aromatic carbocycles. The number of anilines is 2. The van der Waals surface area contributed by atoms with Gasteiger partial charge >= 0.3 is 18.3 Å². The molecule has 13 heteroatoms. The maximum Gasteiger partial charge on any atom is 0.573 e. The topological polar surface area (TPSA) is 108 Å². The molecule has 3 aliphatic rings. The molecule has 0 saturated carbocycles. The van der Waals surface area contributed by atoms with Crippen molar-refractivity contribution in [2.24, 2.45) is 5.73 Å². The van der Waals surface area contributed by atoms with Gasteiger partial charge < -0.3 is 10.5 Å². The number of carbonyl (C=O) groups is 3. The average molecular weight is 554 g/mol. The van der Waals surface area contributed by atoms with Crippen LogP contribution < -0.4 is 25.4 Å². The fraction of sp³-hybridized carbons (Fsp3) is 0.222. The molecule has 5 atom stereocenters. The number of urea groups is 1. The number of nitrogens with zero attached hydrogens (tertiary/aromatic N) is 4. The van der Waals surface area contributed by atoms with Gasteiger partial charge in [-0.1, -0.05) is 36.4 Å². The molecular weight excluding hydrogens is 529 g/mol. The lowest BCUT2D eigenvalue weighted by Gasteiger charge is -2.32. The van der Waals surface area contributed by atoms with Crippen molar-refractivity contribution in [3.8, 4) is 5.75 Å². The summed E-state index contributed by atoms with van der Waals surface area (Å²) in [7, 11) is 1.54. The maximum absolute atomic E-state index is 14.1. The third kappa shape index (κ3) is 3.89. The van der Waals surface area contributed by atoms with Crippen molar-refractivity contribution >= 4 is 34.9 Å². The molecule has 3 N–H and O–H groups in total. The first-order chi connectivity index (χ1) is 18.9. The molecule has 10 nitrogen and oxygen atoms in total. The van der Waals surface area contributed by atoms with E-state index < -0.39 is 52.8 Å². The summed E-state index contributed by atoms with van der Waals surface area (Å²) in [5.74, 6) is -1.48. The van der Waals surface area contributed by atoms with E-state index in [0.717, 1.165) is 17.7 Å². The van der Waals surface area contributed by atoms with Crippen LogP contribution in [0.15, 0.2) is 72.8 Å². The SMILES string of the molecule is C[C@H](N)C(=O)N[N@@+]1(C)C(=O)C2N3C(=O)N(c4ccc(OC(F)(F)F)cc4)c4cccc1c4C(c1ccccc1)N23. The highest BCUT2D eigenvalue weighted by Crippen LogP contribution is 2.56. The summed E-state index contributed by atoms with van der Waals surface area (Å²) in [5.41, 5.74) is 11.0. The minimum absolute atomic E-state index is 0.264. The van der Waals surface area contributed by atoms with Crippen LogP contribution in [0.5, 0.6) is 5.75 Å². The number of rotatable bonds is 5. The summed E-state index contributed by atoms with van der Waals surface area (Å²) < 4.78 is 41.6. The van der Waals surface area contributed by atoms with Crippen molar-refractivity contribution in [3.05, 3.63) is 83.9 Å². The minimum atomic E-state index is -4.87. The summed E-state index contributed by atoms with van der Waals surface area (Å²) in [6, 6.07) is 17.2. The quantitative estimate of drug-likeness (QED) is 0.369. The Morgan fingerprint density at radius 2 is 1.70 bits per heavy atom. The van der Waals surface area contributed by atoms with Gasteiger partial charge in [0.2, 0.25) is 6.17 Å². The second kappa shape index (κ2) is 8.78. The van der Waals surface area contributed by atoms with Crippen LogP contribution in [-0.2, 0) is 9.59 Å². The number of benzene rings is 3. The monoisotopic (exact) mass is 553 g/mol. The molecule has 1 saturated heterocycles.